The average Bonchev–Trinajstić information content (AvgIpc) is 2.80. The second-order valence-electron chi connectivity index (χ2n) is 4.17. The second-order valence-corrected chi connectivity index (χ2v) is 5.05. The highest BCUT2D eigenvalue weighted by atomic mass is 32.2. The minimum absolute atomic E-state index is 0.284. The van der Waals surface area contributed by atoms with Crippen LogP contribution in [0.3, 0.4) is 0 Å². The first-order valence-corrected chi connectivity index (χ1v) is 6.77. The number of hydrogen-bond donors (Lipinski definition) is 0. The Morgan fingerprint density at radius 2 is 2.12 bits per heavy atom. The van der Waals surface area contributed by atoms with Crippen LogP contribution >= 0.6 is 11.8 Å². The predicted octanol–water partition coefficient (Wildman–Crippen LogP) is 3.51. The minimum Gasteiger partial charge on any atom is -0.211 e. The van der Waals surface area contributed by atoms with E-state index in [1.807, 2.05) is 6.07 Å². The lowest BCUT2D eigenvalue weighted by Crippen LogP contribution is -2.18. The van der Waals surface area contributed by atoms with E-state index in [4.69, 9.17) is 0 Å². The Bertz CT molecular complexity index is 418. The van der Waals surface area contributed by atoms with Gasteiger partial charge in [0.1, 0.15) is 0 Å². The highest BCUT2D eigenvalue weighted by molar-refractivity contribution is 7.98. The summed E-state index contributed by atoms with van der Waals surface area (Å²) in [5.74, 6) is 0. The molecule has 0 heterocycles. The van der Waals surface area contributed by atoms with Crippen molar-refractivity contribution >= 4 is 17.8 Å². The third-order valence-corrected chi connectivity index (χ3v) is 4.02. The van der Waals surface area contributed by atoms with Crippen LogP contribution in [0.2, 0.25) is 0 Å². The zero-order chi connectivity index (χ0) is 11.4. The van der Waals surface area contributed by atoms with Crippen LogP contribution in [-0.2, 0) is 10.3 Å². The fraction of sp³-hybridized carbons (Fsp3) is 0.462. The van der Waals surface area contributed by atoms with Gasteiger partial charge < -0.3 is 0 Å². The van der Waals surface area contributed by atoms with Crippen LogP contribution in [0.25, 0.3) is 0 Å². The van der Waals surface area contributed by atoms with Gasteiger partial charge in [0.2, 0.25) is 6.08 Å². The Hall–Kier alpha value is -1.05. The van der Waals surface area contributed by atoms with Crippen molar-refractivity contribution in [3.8, 4) is 0 Å². The van der Waals surface area contributed by atoms with Gasteiger partial charge >= 0.3 is 0 Å². The summed E-state index contributed by atoms with van der Waals surface area (Å²) < 4.78 is 0. The zero-order valence-corrected chi connectivity index (χ0v) is 10.2. The first-order chi connectivity index (χ1) is 7.80. The lowest BCUT2D eigenvalue weighted by molar-refractivity contribution is 0.455. The molecule has 0 spiro atoms. The largest absolute Gasteiger partial charge is 0.235 e. The summed E-state index contributed by atoms with van der Waals surface area (Å²) in [6.07, 6.45) is 8.05. The average molecular weight is 233 g/mol. The maximum Gasteiger partial charge on any atom is 0.235 e. The van der Waals surface area contributed by atoms with Crippen LogP contribution in [0.5, 0.6) is 0 Å². The molecule has 1 aromatic carbocycles. The second kappa shape index (κ2) is 4.86. The van der Waals surface area contributed by atoms with Gasteiger partial charge in [0.25, 0.3) is 0 Å². The molecule has 0 N–H and O–H groups in total. The van der Waals surface area contributed by atoms with Gasteiger partial charge in [-0.25, -0.2) is 4.79 Å². The smallest absolute Gasteiger partial charge is 0.211 e. The standard InChI is InChI=1S/C13H15NOS/c1-16-12-6-4-5-11(9-12)13(14-10-15)7-2-3-8-13/h4-6,9H,2-3,7-8H2,1H3. The molecule has 0 atom stereocenters. The van der Waals surface area contributed by atoms with Crippen molar-refractivity contribution in [1.82, 2.24) is 0 Å². The van der Waals surface area contributed by atoms with E-state index in [-0.39, 0.29) is 5.54 Å². The van der Waals surface area contributed by atoms with Gasteiger partial charge in [0.15, 0.2) is 0 Å². The molecule has 0 amide bonds. The Labute approximate surface area is 100 Å². The van der Waals surface area contributed by atoms with E-state index in [1.165, 1.54) is 10.5 Å². The summed E-state index contributed by atoms with van der Waals surface area (Å²) in [4.78, 5) is 15.9. The Balaban J connectivity index is 2.42. The van der Waals surface area contributed by atoms with Crippen molar-refractivity contribution < 1.29 is 4.79 Å². The summed E-state index contributed by atoms with van der Waals surface area (Å²) in [5.41, 5.74) is 0.883. The summed E-state index contributed by atoms with van der Waals surface area (Å²) >= 11 is 1.72. The Morgan fingerprint density at radius 3 is 2.75 bits per heavy atom. The molecule has 0 saturated heterocycles. The maximum absolute atomic E-state index is 10.6. The summed E-state index contributed by atoms with van der Waals surface area (Å²) in [7, 11) is 0. The van der Waals surface area contributed by atoms with Gasteiger partial charge in [-0.15, -0.1) is 11.8 Å². The molecular weight excluding hydrogens is 218 g/mol. The van der Waals surface area contributed by atoms with Gasteiger partial charge in [0, 0.05) is 4.90 Å². The van der Waals surface area contributed by atoms with Crippen molar-refractivity contribution in [2.75, 3.05) is 6.26 Å². The predicted molar refractivity (Wildman–Crippen MR) is 66.5 cm³/mol. The monoisotopic (exact) mass is 233 g/mol. The number of thioether (sulfide) groups is 1. The van der Waals surface area contributed by atoms with Crippen LogP contribution < -0.4 is 0 Å². The highest BCUT2D eigenvalue weighted by Crippen LogP contribution is 2.42. The molecule has 16 heavy (non-hydrogen) atoms. The maximum atomic E-state index is 10.6. The molecule has 3 heteroatoms. The zero-order valence-electron chi connectivity index (χ0n) is 9.40. The lowest BCUT2D eigenvalue weighted by atomic mass is 9.89. The number of hydrogen-bond acceptors (Lipinski definition) is 3. The van der Waals surface area contributed by atoms with Gasteiger partial charge in [-0.2, -0.15) is 4.99 Å². The first-order valence-electron chi connectivity index (χ1n) is 5.54. The molecule has 0 bridgehead atoms. The van der Waals surface area contributed by atoms with Crippen molar-refractivity contribution in [2.45, 2.75) is 36.1 Å². The molecule has 1 aliphatic rings. The molecule has 0 aliphatic heterocycles. The summed E-state index contributed by atoms with van der Waals surface area (Å²) in [6, 6.07) is 8.35. The summed E-state index contributed by atoms with van der Waals surface area (Å²) in [5, 5.41) is 0. The molecule has 1 aliphatic carbocycles. The first kappa shape index (κ1) is 11.4. The van der Waals surface area contributed by atoms with Crippen LogP contribution in [-0.4, -0.2) is 12.3 Å². The van der Waals surface area contributed by atoms with Gasteiger partial charge in [-0.3, -0.25) is 0 Å². The highest BCUT2D eigenvalue weighted by Gasteiger charge is 2.35. The van der Waals surface area contributed by atoms with Gasteiger partial charge in [-0.05, 0) is 36.8 Å². The van der Waals surface area contributed by atoms with Crippen molar-refractivity contribution in [1.29, 1.82) is 0 Å². The fourth-order valence-corrected chi connectivity index (χ4v) is 2.88. The Kier molecular flexibility index (Phi) is 3.47. The van der Waals surface area contributed by atoms with Crippen molar-refractivity contribution in [3.63, 3.8) is 0 Å². The lowest BCUT2D eigenvalue weighted by Gasteiger charge is -2.23. The van der Waals surface area contributed by atoms with E-state index in [9.17, 15) is 4.79 Å². The molecule has 0 aromatic heterocycles. The van der Waals surface area contributed by atoms with Crippen LogP contribution in [0.4, 0.5) is 0 Å². The van der Waals surface area contributed by atoms with E-state index in [2.05, 4.69) is 29.4 Å². The SMILES string of the molecule is CSc1cccc(C2(N=C=O)CCCC2)c1. The number of rotatable bonds is 3. The molecule has 84 valence electrons. The summed E-state index contributed by atoms with van der Waals surface area (Å²) in [6.45, 7) is 0. The van der Waals surface area contributed by atoms with Crippen LogP contribution in [0.15, 0.2) is 34.2 Å². The number of aliphatic imine (C=N–C) groups is 1. The molecule has 1 fully saturated rings. The normalized spacial score (nSPS) is 18.1. The van der Waals surface area contributed by atoms with E-state index in [1.54, 1.807) is 17.8 Å². The van der Waals surface area contributed by atoms with Crippen LogP contribution in [0, 0.1) is 0 Å². The van der Waals surface area contributed by atoms with Gasteiger partial charge in [0.05, 0.1) is 5.54 Å². The third-order valence-electron chi connectivity index (χ3n) is 3.30. The van der Waals surface area contributed by atoms with Crippen LogP contribution in [0.1, 0.15) is 31.2 Å². The minimum atomic E-state index is -0.284. The molecular formula is C13H15NOS. The van der Waals surface area contributed by atoms with Crippen molar-refractivity contribution in [3.05, 3.63) is 29.8 Å². The van der Waals surface area contributed by atoms with E-state index in [0.29, 0.717) is 0 Å². The van der Waals surface area contributed by atoms with E-state index < -0.39 is 0 Å². The molecule has 0 unspecified atom stereocenters. The number of carbonyl (C=O) groups excluding carboxylic acids is 1. The molecule has 2 nitrogen and oxygen atoms in total. The molecule has 2 rings (SSSR count). The molecule has 1 saturated carbocycles. The van der Waals surface area contributed by atoms with E-state index in [0.717, 1.165) is 25.7 Å². The fourth-order valence-electron chi connectivity index (χ4n) is 2.42. The number of isocyanates is 1. The van der Waals surface area contributed by atoms with Gasteiger partial charge in [-0.1, -0.05) is 25.0 Å². The van der Waals surface area contributed by atoms with Crippen molar-refractivity contribution in [2.24, 2.45) is 4.99 Å². The molecule has 1 aromatic rings. The van der Waals surface area contributed by atoms with E-state index >= 15 is 0 Å². The number of nitrogens with zero attached hydrogens (tertiary/aromatic N) is 1. The number of benzene rings is 1. The molecule has 0 radical (unpaired) electrons. The Morgan fingerprint density at radius 1 is 1.38 bits per heavy atom. The third kappa shape index (κ3) is 2.06. The quantitative estimate of drug-likeness (QED) is 0.454. The topological polar surface area (TPSA) is 29.4 Å².